The fourth-order valence-corrected chi connectivity index (χ4v) is 3.95. The van der Waals surface area contributed by atoms with E-state index in [0.717, 1.165) is 32.2 Å². The lowest BCUT2D eigenvalue weighted by Crippen LogP contribution is -2.13. The molecule has 24 heavy (non-hydrogen) atoms. The van der Waals surface area contributed by atoms with Crippen LogP contribution in [0.5, 0.6) is 0 Å². The Labute approximate surface area is 161 Å². The highest BCUT2D eigenvalue weighted by Crippen LogP contribution is 2.33. The summed E-state index contributed by atoms with van der Waals surface area (Å²) in [4.78, 5) is 0. The van der Waals surface area contributed by atoms with Crippen molar-refractivity contribution < 1.29 is 0 Å². The first-order valence-electron chi connectivity index (χ1n) is 6.99. The van der Waals surface area contributed by atoms with E-state index in [4.69, 9.17) is 28.3 Å². The van der Waals surface area contributed by atoms with Crippen molar-refractivity contribution in [1.82, 2.24) is 14.9 Å². The van der Waals surface area contributed by atoms with Crippen LogP contribution in [0.1, 0.15) is 5.56 Å². The molecule has 0 amide bonds. The quantitative estimate of drug-likeness (QED) is 0.538. The van der Waals surface area contributed by atoms with Gasteiger partial charge in [0.05, 0.1) is 10.7 Å². The third-order valence-corrected chi connectivity index (χ3v) is 5.53. The Hall–Kier alpha value is -1.34. The summed E-state index contributed by atoms with van der Waals surface area (Å²) in [6.45, 7) is 0. The van der Waals surface area contributed by atoms with Crippen LogP contribution in [0.15, 0.2) is 57.2 Å². The van der Waals surface area contributed by atoms with Crippen molar-refractivity contribution in [3.63, 3.8) is 0 Å². The molecule has 4 rings (SSSR count). The molecular weight excluding hydrogens is 431 g/mol. The number of fused-ring (bicyclic) bond motifs is 1. The average Bonchev–Trinajstić information content (AvgIpc) is 2.98. The SMILES string of the molecule is Clc1ccc(-c2nnc3n2N=C(c2ccc(Br)cc2)CS3)c(Cl)c1. The number of nitrogens with zero attached hydrogens (tertiary/aromatic N) is 4. The van der Waals surface area contributed by atoms with Crippen LogP contribution >= 0.6 is 50.9 Å². The van der Waals surface area contributed by atoms with E-state index in [1.165, 1.54) is 0 Å². The molecule has 2 aromatic carbocycles. The van der Waals surface area contributed by atoms with Gasteiger partial charge >= 0.3 is 0 Å². The minimum atomic E-state index is 0.522. The first kappa shape index (κ1) is 16.1. The summed E-state index contributed by atoms with van der Waals surface area (Å²) < 4.78 is 2.77. The zero-order valence-corrected chi connectivity index (χ0v) is 16.0. The molecule has 1 aromatic heterocycles. The number of hydrogen-bond acceptors (Lipinski definition) is 4. The van der Waals surface area contributed by atoms with Crippen molar-refractivity contribution in [3.05, 3.63) is 62.5 Å². The van der Waals surface area contributed by atoms with E-state index in [1.54, 1.807) is 28.6 Å². The lowest BCUT2D eigenvalue weighted by Gasteiger charge is -2.14. The first-order chi connectivity index (χ1) is 11.6. The molecule has 1 aliphatic heterocycles. The van der Waals surface area contributed by atoms with Crippen LogP contribution in [-0.4, -0.2) is 26.3 Å². The summed E-state index contributed by atoms with van der Waals surface area (Å²) in [5.74, 6) is 1.35. The number of thioether (sulfide) groups is 1. The maximum absolute atomic E-state index is 6.31. The van der Waals surface area contributed by atoms with Gasteiger partial charge in [-0.05, 0) is 35.9 Å². The molecular formula is C16H9BrCl2N4S. The number of rotatable bonds is 2. The first-order valence-corrected chi connectivity index (χ1v) is 9.53. The van der Waals surface area contributed by atoms with Gasteiger partial charge in [0, 0.05) is 20.8 Å². The van der Waals surface area contributed by atoms with Gasteiger partial charge < -0.3 is 0 Å². The molecule has 0 atom stereocenters. The number of hydrogen-bond donors (Lipinski definition) is 0. The van der Waals surface area contributed by atoms with Gasteiger partial charge in [-0.15, -0.1) is 10.2 Å². The van der Waals surface area contributed by atoms with Crippen molar-refractivity contribution in [3.8, 4) is 11.4 Å². The van der Waals surface area contributed by atoms with E-state index in [0.29, 0.717) is 15.9 Å². The molecule has 0 saturated carbocycles. The van der Waals surface area contributed by atoms with Crippen molar-refractivity contribution in [2.24, 2.45) is 5.10 Å². The number of halogens is 3. The Morgan fingerprint density at radius 1 is 1.04 bits per heavy atom. The van der Waals surface area contributed by atoms with Crippen LogP contribution in [-0.2, 0) is 0 Å². The predicted molar refractivity (Wildman–Crippen MR) is 102 cm³/mol. The number of aromatic nitrogens is 3. The van der Waals surface area contributed by atoms with Crippen LogP contribution in [0, 0.1) is 0 Å². The molecule has 0 unspecified atom stereocenters. The average molecular weight is 440 g/mol. The lowest BCUT2D eigenvalue weighted by molar-refractivity contribution is 0.762. The van der Waals surface area contributed by atoms with Gasteiger partial charge in [-0.1, -0.05) is 63.0 Å². The fraction of sp³-hybridized carbons (Fsp3) is 0.0625. The van der Waals surface area contributed by atoms with Gasteiger partial charge in [0.15, 0.2) is 5.82 Å². The molecule has 0 spiro atoms. The predicted octanol–water partition coefficient (Wildman–Crippen LogP) is 5.37. The molecule has 8 heteroatoms. The Balaban J connectivity index is 1.80. The highest BCUT2D eigenvalue weighted by atomic mass is 79.9. The highest BCUT2D eigenvalue weighted by Gasteiger charge is 2.22. The summed E-state index contributed by atoms with van der Waals surface area (Å²) in [6.07, 6.45) is 0. The molecule has 0 radical (unpaired) electrons. The zero-order valence-electron chi connectivity index (χ0n) is 12.1. The smallest absolute Gasteiger partial charge is 0.186 e. The molecule has 0 fully saturated rings. The normalized spacial score (nSPS) is 13.5. The van der Waals surface area contributed by atoms with Crippen molar-refractivity contribution in [2.75, 3.05) is 5.75 Å². The number of benzene rings is 2. The largest absolute Gasteiger partial charge is 0.212 e. The van der Waals surface area contributed by atoms with Gasteiger partial charge in [-0.2, -0.15) is 9.78 Å². The Morgan fingerprint density at radius 3 is 2.58 bits per heavy atom. The lowest BCUT2D eigenvalue weighted by atomic mass is 10.1. The van der Waals surface area contributed by atoms with Gasteiger partial charge in [0.1, 0.15) is 0 Å². The molecule has 0 saturated heterocycles. The van der Waals surface area contributed by atoms with Gasteiger partial charge in [0.2, 0.25) is 5.16 Å². The summed E-state index contributed by atoms with van der Waals surface area (Å²) in [5, 5.41) is 15.0. The van der Waals surface area contributed by atoms with Crippen LogP contribution in [0.4, 0.5) is 0 Å². The molecule has 0 bridgehead atoms. The van der Waals surface area contributed by atoms with E-state index in [2.05, 4.69) is 26.1 Å². The van der Waals surface area contributed by atoms with Gasteiger partial charge in [0.25, 0.3) is 0 Å². The second-order valence-corrected chi connectivity index (χ2v) is 7.79. The molecule has 3 aromatic rings. The molecule has 2 heterocycles. The van der Waals surface area contributed by atoms with Crippen LogP contribution in [0.2, 0.25) is 10.0 Å². The molecule has 4 nitrogen and oxygen atoms in total. The zero-order chi connectivity index (χ0) is 16.7. The Morgan fingerprint density at radius 2 is 1.83 bits per heavy atom. The second kappa shape index (κ2) is 6.52. The fourth-order valence-electron chi connectivity index (χ4n) is 2.35. The molecule has 120 valence electrons. The molecule has 0 aliphatic carbocycles. The minimum absolute atomic E-state index is 0.522. The van der Waals surface area contributed by atoms with Crippen LogP contribution < -0.4 is 0 Å². The van der Waals surface area contributed by atoms with Crippen LogP contribution in [0.25, 0.3) is 11.4 Å². The maximum atomic E-state index is 6.31. The van der Waals surface area contributed by atoms with E-state index in [1.807, 2.05) is 30.3 Å². The highest BCUT2D eigenvalue weighted by molar-refractivity contribution is 9.10. The standard InChI is InChI=1S/C16H9BrCl2N4S/c17-10-3-1-9(2-4-10)14-8-24-16-21-20-15(23(16)22-14)12-6-5-11(18)7-13(12)19/h1-7H,8H2. The van der Waals surface area contributed by atoms with Gasteiger partial charge in [-0.3, -0.25) is 0 Å². The third kappa shape index (κ3) is 2.99. The monoisotopic (exact) mass is 438 g/mol. The third-order valence-electron chi connectivity index (χ3n) is 3.52. The summed E-state index contributed by atoms with van der Waals surface area (Å²) in [6, 6.07) is 13.4. The maximum Gasteiger partial charge on any atom is 0.212 e. The summed E-state index contributed by atoms with van der Waals surface area (Å²) in [5.41, 5.74) is 2.78. The minimum Gasteiger partial charge on any atom is -0.186 e. The Bertz CT molecular complexity index is 953. The summed E-state index contributed by atoms with van der Waals surface area (Å²) >= 11 is 17.3. The van der Waals surface area contributed by atoms with Crippen molar-refractivity contribution >= 4 is 56.6 Å². The van der Waals surface area contributed by atoms with Crippen molar-refractivity contribution in [1.29, 1.82) is 0 Å². The summed E-state index contributed by atoms with van der Waals surface area (Å²) in [7, 11) is 0. The molecule has 0 N–H and O–H groups in total. The van der Waals surface area contributed by atoms with E-state index in [-0.39, 0.29) is 0 Å². The van der Waals surface area contributed by atoms with Crippen LogP contribution in [0.3, 0.4) is 0 Å². The molecule has 1 aliphatic rings. The van der Waals surface area contributed by atoms with E-state index in [9.17, 15) is 0 Å². The van der Waals surface area contributed by atoms with Gasteiger partial charge in [-0.25, -0.2) is 0 Å². The van der Waals surface area contributed by atoms with E-state index < -0.39 is 0 Å². The Kier molecular flexibility index (Phi) is 4.39. The van der Waals surface area contributed by atoms with Crippen molar-refractivity contribution in [2.45, 2.75) is 5.16 Å². The van der Waals surface area contributed by atoms with E-state index >= 15 is 0 Å². The second-order valence-electron chi connectivity index (χ2n) is 5.08. The topological polar surface area (TPSA) is 43.1 Å².